The Hall–Kier alpha value is -0.930. The molecule has 2 saturated carbocycles. The lowest BCUT2D eigenvalue weighted by molar-refractivity contribution is 0.243. The first-order valence-electron chi connectivity index (χ1n) is 6.97. The lowest BCUT2D eigenvalue weighted by atomic mass is 10.1. The fourth-order valence-electron chi connectivity index (χ4n) is 2.57. The van der Waals surface area contributed by atoms with Gasteiger partial charge in [0, 0.05) is 25.7 Å². The van der Waals surface area contributed by atoms with Crippen LogP contribution in [0, 0.1) is 11.7 Å². The van der Waals surface area contributed by atoms with Gasteiger partial charge in [-0.2, -0.15) is 0 Å². The molecule has 3 heteroatoms. The van der Waals surface area contributed by atoms with Crippen molar-refractivity contribution in [1.82, 2.24) is 4.90 Å². The summed E-state index contributed by atoms with van der Waals surface area (Å²) >= 11 is 0. The average Bonchev–Trinajstić information content (AvgIpc) is 3.22. The number of nitrogens with two attached hydrogens (primary N) is 1. The van der Waals surface area contributed by atoms with Crippen LogP contribution in [0.25, 0.3) is 0 Å². The Morgan fingerprint density at radius 2 is 1.94 bits per heavy atom. The summed E-state index contributed by atoms with van der Waals surface area (Å²) in [6.07, 6.45) is 5.35. The van der Waals surface area contributed by atoms with Crippen LogP contribution >= 0.6 is 0 Å². The first-order valence-corrected chi connectivity index (χ1v) is 6.97. The average molecular weight is 248 g/mol. The summed E-state index contributed by atoms with van der Waals surface area (Å²) in [4.78, 5) is 2.53. The molecular weight excluding hydrogens is 227 g/mol. The number of halogens is 1. The summed E-state index contributed by atoms with van der Waals surface area (Å²) in [7, 11) is 0. The SMILES string of the molecule is NCc1ccc(F)cc1CN(CC1CC1)C1CC1. The van der Waals surface area contributed by atoms with E-state index in [4.69, 9.17) is 5.73 Å². The lowest BCUT2D eigenvalue weighted by Gasteiger charge is -2.23. The van der Waals surface area contributed by atoms with Crippen molar-refractivity contribution in [3.05, 3.63) is 35.1 Å². The molecule has 0 aliphatic heterocycles. The third-order valence-electron chi connectivity index (χ3n) is 4.01. The fourth-order valence-corrected chi connectivity index (χ4v) is 2.57. The van der Waals surface area contributed by atoms with Gasteiger partial charge in [-0.05, 0) is 54.9 Å². The highest BCUT2D eigenvalue weighted by atomic mass is 19.1. The van der Waals surface area contributed by atoms with E-state index in [-0.39, 0.29) is 5.82 Å². The van der Waals surface area contributed by atoms with E-state index >= 15 is 0 Å². The standard InChI is InChI=1S/C15H21FN2/c16-14-4-3-12(8-17)13(7-14)10-18(15-5-6-15)9-11-1-2-11/h3-4,7,11,15H,1-2,5-6,8-10,17H2. The van der Waals surface area contributed by atoms with Gasteiger partial charge in [0.2, 0.25) is 0 Å². The van der Waals surface area contributed by atoms with Crippen molar-refractivity contribution in [3.8, 4) is 0 Å². The molecule has 0 spiro atoms. The summed E-state index contributed by atoms with van der Waals surface area (Å²) in [5, 5.41) is 0. The maximum Gasteiger partial charge on any atom is 0.123 e. The first-order chi connectivity index (χ1) is 8.76. The quantitative estimate of drug-likeness (QED) is 0.838. The Morgan fingerprint density at radius 3 is 2.56 bits per heavy atom. The Balaban J connectivity index is 1.73. The first kappa shape index (κ1) is 12.1. The van der Waals surface area contributed by atoms with Crippen molar-refractivity contribution in [2.45, 2.75) is 44.8 Å². The second-order valence-electron chi connectivity index (χ2n) is 5.72. The number of benzene rings is 1. The molecule has 0 saturated heterocycles. The van der Waals surface area contributed by atoms with Gasteiger partial charge in [-0.15, -0.1) is 0 Å². The molecule has 2 aliphatic rings. The van der Waals surface area contributed by atoms with Crippen molar-refractivity contribution < 1.29 is 4.39 Å². The second kappa shape index (κ2) is 4.98. The molecule has 1 aromatic rings. The summed E-state index contributed by atoms with van der Waals surface area (Å²) in [5.41, 5.74) is 7.90. The fraction of sp³-hybridized carbons (Fsp3) is 0.600. The molecule has 1 aromatic carbocycles. The molecule has 2 aliphatic carbocycles. The minimum absolute atomic E-state index is 0.149. The topological polar surface area (TPSA) is 29.3 Å². The smallest absolute Gasteiger partial charge is 0.123 e. The van der Waals surface area contributed by atoms with E-state index < -0.39 is 0 Å². The minimum Gasteiger partial charge on any atom is -0.326 e. The van der Waals surface area contributed by atoms with Gasteiger partial charge in [-0.3, -0.25) is 4.90 Å². The zero-order valence-electron chi connectivity index (χ0n) is 10.7. The Labute approximate surface area is 108 Å². The molecule has 18 heavy (non-hydrogen) atoms. The predicted molar refractivity (Wildman–Crippen MR) is 70.4 cm³/mol. The maximum absolute atomic E-state index is 13.4. The zero-order chi connectivity index (χ0) is 12.5. The van der Waals surface area contributed by atoms with Crippen LogP contribution in [0.3, 0.4) is 0 Å². The van der Waals surface area contributed by atoms with Crippen LogP contribution in [0.2, 0.25) is 0 Å². The molecular formula is C15H21FN2. The molecule has 0 aromatic heterocycles. The van der Waals surface area contributed by atoms with Crippen LogP contribution in [0.1, 0.15) is 36.8 Å². The van der Waals surface area contributed by atoms with Gasteiger partial charge < -0.3 is 5.73 Å². The van der Waals surface area contributed by atoms with Crippen LogP contribution in [0.15, 0.2) is 18.2 Å². The highest BCUT2D eigenvalue weighted by Gasteiger charge is 2.33. The van der Waals surface area contributed by atoms with Gasteiger partial charge in [-0.1, -0.05) is 6.07 Å². The maximum atomic E-state index is 13.4. The zero-order valence-corrected chi connectivity index (χ0v) is 10.7. The highest BCUT2D eigenvalue weighted by Crippen LogP contribution is 2.35. The van der Waals surface area contributed by atoms with Crippen molar-refractivity contribution >= 4 is 0 Å². The molecule has 0 amide bonds. The van der Waals surface area contributed by atoms with E-state index in [1.54, 1.807) is 6.07 Å². The van der Waals surface area contributed by atoms with Gasteiger partial charge in [0.05, 0.1) is 0 Å². The Morgan fingerprint density at radius 1 is 1.17 bits per heavy atom. The van der Waals surface area contributed by atoms with Crippen molar-refractivity contribution in [1.29, 1.82) is 0 Å². The molecule has 2 fully saturated rings. The van der Waals surface area contributed by atoms with Crippen LogP contribution < -0.4 is 5.73 Å². The molecule has 3 rings (SSSR count). The van der Waals surface area contributed by atoms with Gasteiger partial charge in [0.25, 0.3) is 0 Å². The van der Waals surface area contributed by atoms with E-state index in [0.29, 0.717) is 6.54 Å². The number of nitrogens with zero attached hydrogens (tertiary/aromatic N) is 1. The van der Waals surface area contributed by atoms with E-state index in [1.165, 1.54) is 38.3 Å². The molecule has 98 valence electrons. The van der Waals surface area contributed by atoms with Crippen LogP contribution in [-0.2, 0) is 13.1 Å². The minimum atomic E-state index is -0.149. The molecule has 0 radical (unpaired) electrons. The van der Waals surface area contributed by atoms with Crippen LogP contribution in [0.4, 0.5) is 4.39 Å². The number of hydrogen-bond acceptors (Lipinski definition) is 2. The second-order valence-corrected chi connectivity index (χ2v) is 5.72. The number of hydrogen-bond donors (Lipinski definition) is 1. The Kier molecular flexibility index (Phi) is 3.35. The van der Waals surface area contributed by atoms with Crippen LogP contribution in [-0.4, -0.2) is 17.5 Å². The number of rotatable bonds is 6. The van der Waals surface area contributed by atoms with Gasteiger partial charge in [0.15, 0.2) is 0 Å². The predicted octanol–water partition coefficient (Wildman–Crippen LogP) is 2.66. The van der Waals surface area contributed by atoms with Gasteiger partial charge in [0.1, 0.15) is 5.82 Å². The normalized spacial score (nSPS) is 19.5. The largest absolute Gasteiger partial charge is 0.326 e. The van der Waals surface area contributed by atoms with Crippen LogP contribution in [0.5, 0.6) is 0 Å². The molecule has 2 N–H and O–H groups in total. The van der Waals surface area contributed by atoms with E-state index in [1.807, 2.05) is 6.07 Å². The van der Waals surface area contributed by atoms with Gasteiger partial charge >= 0.3 is 0 Å². The molecule has 0 bridgehead atoms. The monoisotopic (exact) mass is 248 g/mol. The van der Waals surface area contributed by atoms with E-state index in [2.05, 4.69) is 4.90 Å². The van der Waals surface area contributed by atoms with Crippen molar-refractivity contribution in [3.63, 3.8) is 0 Å². The third-order valence-corrected chi connectivity index (χ3v) is 4.01. The van der Waals surface area contributed by atoms with Crippen molar-refractivity contribution in [2.75, 3.05) is 6.54 Å². The Bertz CT molecular complexity index is 425. The molecule has 0 heterocycles. The third kappa shape index (κ3) is 2.90. The summed E-state index contributed by atoms with van der Waals surface area (Å²) in [6.45, 7) is 2.55. The van der Waals surface area contributed by atoms with E-state index in [0.717, 1.165) is 29.6 Å². The summed E-state index contributed by atoms with van der Waals surface area (Å²) in [6, 6.07) is 5.73. The van der Waals surface area contributed by atoms with Crippen molar-refractivity contribution in [2.24, 2.45) is 11.7 Å². The molecule has 0 atom stereocenters. The van der Waals surface area contributed by atoms with E-state index in [9.17, 15) is 4.39 Å². The molecule has 2 nitrogen and oxygen atoms in total. The summed E-state index contributed by atoms with van der Waals surface area (Å²) < 4.78 is 13.4. The lowest BCUT2D eigenvalue weighted by Crippen LogP contribution is -2.28. The highest BCUT2D eigenvalue weighted by molar-refractivity contribution is 5.28. The summed E-state index contributed by atoms with van der Waals surface area (Å²) in [5.74, 6) is 0.741. The molecule has 0 unspecified atom stereocenters. The van der Waals surface area contributed by atoms with Gasteiger partial charge in [-0.25, -0.2) is 4.39 Å².